The number of pyridine rings is 1. The van der Waals surface area contributed by atoms with E-state index in [0.717, 1.165) is 23.8 Å². The van der Waals surface area contributed by atoms with Crippen molar-refractivity contribution in [1.82, 2.24) is 4.98 Å². The average Bonchev–Trinajstić information content (AvgIpc) is 2.67. The zero-order valence-electron chi connectivity index (χ0n) is 14.1. The number of benzene rings is 3. The third-order valence-electron chi connectivity index (χ3n) is 4.15. The highest BCUT2D eigenvalue weighted by Gasteiger charge is 2.15. The van der Waals surface area contributed by atoms with E-state index in [0.29, 0.717) is 22.2 Å². The largest absolute Gasteiger partial charge is 0.322 e. The molecule has 1 aromatic heterocycles. The molecule has 0 aliphatic rings. The molecule has 0 saturated carbocycles. The summed E-state index contributed by atoms with van der Waals surface area (Å²) in [5.74, 6) is -1.97. The van der Waals surface area contributed by atoms with Crippen LogP contribution in [0.5, 0.6) is 0 Å². The van der Waals surface area contributed by atoms with Gasteiger partial charge in [-0.1, -0.05) is 48.5 Å². The first kappa shape index (κ1) is 16.8. The summed E-state index contributed by atoms with van der Waals surface area (Å²) in [6.07, 6.45) is 0. The monoisotopic (exact) mass is 360 g/mol. The summed E-state index contributed by atoms with van der Waals surface area (Å²) in [6, 6.07) is 21.3. The molecule has 132 valence electrons. The van der Waals surface area contributed by atoms with Crippen LogP contribution in [-0.4, -0.2) is 10.9 Å². The van der Waals surface area contributed by atoms with Gasteiger partial charge in [-0.25, -0.2) is 13.8 Å². The molecule has 1 N–H and O–H groups in total. The van der Waals surface area contributed by atoms with E-state index < -0.39 is 17.5 Å². The lowest BCUT2D eigenvalue weighted by atomic mass is 10.0. The summed E-state index contributed by atoms with van der Waals surface area (Å²) in [5, 5.41) is 3.22. The molecule has 0 aliphatic heterocycles. The van der Waals surface area contributed by atoms with Gasteiger partial charge in [0.15, 0.2) is 0 Å². The number of halogens is 2. The fourth-order valence-electron chi connectivity index (χ4n) is 2.94. The third-order valence-corrected chi connectivity index (χ3v) is 4.15. The molecule has 5 heteroatoms. The fourth-order valence-corrected chi connectivity index (χ4v) is 2.94. The van der Waals surface area contributed by atoms with Crippen molar-refractivity contribution in [1.29, 1.82) is 0 Å². The van der Waals surface area contributed by atoms with Gasteiger partial charge in [-0.2, -0.15) is 0 Å². The minimum atomic E-state index is -0.755. The van der Waals surface area contributed by atoms with E-state index >= 15 is 0 Å². The molecule has 0 fully saturated rings. The Morgan fingerprint density at radius 3 is 2.22 bits per heavy atom. The van der Waals surface area contributed by atoms with E-state index in [2.05, 4.69) is 10.3 Å². The summed E-state index contributed by atoms with van der Waals surface area (Å²) in [4.78, 5) is 17.5. The van der Waals surface area contributed by atoms with Crippen LogP contribution in [0.25, 0.3) is 22.2 Å². The first-order chi connectivity index (χ1) is 13.1. The second-order valence-electron chi connectivity index (χ2n) is 6.05. The molecule has 3 nitrogen and oxygen atoms in total. The molecular weight excluding hydrogens is 346 g/mol. The maximum Gasteiger partial charge on any atom is 0.256 e. The van der Waals surface area contributed by atoms with E-state index in [9.17, 15) is 13.6 Å². The van der Waals surface area contributed by atoms with Crippen molar-refractivity contribution in [2.75, 3.05) is 5.32 Å². The highest BCUT2D eigenvalue weighted by atomic mass is 19.1. The van der Waals surface area contributed by atoms with E-state index in [1.807, 2.05) is 48.5 Å². The molecular formula is C22H14F2N2O. The van der Waals surface area contributed by atoms with Gasteiger partial charge in [-0.15, -0.1) is 0 Å². The van der Waals surface area contributed by atoms with Crippen LogP contribution in [0.2, 0.25) is 0 Å². The highest BCUT2D eigenvalue weighted by Crippen LogP contribution is 2.25. The Morgan fingerprint density at radius 1 is 0.815 bits per heavy atom. The number of fused-ring (bicyclic) bond motifs is 1. The number of rotatable bonds is 3. The van der Waals surface area contributed by atoms with Crippen LogP contribution < -0.4 is 5.32 Å². The second-order valence-corrected chi connectivity index (χ2v) is 6.05. The first-order valence-electron chi connectivity index (χ1n) is 8.33. The molecule has 0 saturated heterocycles. The highest BCUT2D eigenvalue weighted by molar-refractivity contribution is 6.13. The average molecular weight is 360 g/mol. The molecule has 0 spiro atoms. The zero-order valence-corrected chi connectivity index (χ0v) is 14.1. The minimum Gasteiger partial charge on any atom is -0.322 e. The SMILES string of the molecule is O=C(Nc1cc(F)cc(F)c1)c1cc(-c2ccccc2)nc2ccccc12. The lowest BCUT2D eigenvalue weighted by Crippen LogP contribution is -2.13. The Morgan fingerprint density at radius 2 is 1.48 bits per heavy atom. The van der Waals surface area contributed by atoms with Crippen LogP contribution >= 0.6 is 0 Å². The number of nitrogens with one attached hydrogen (secondary N) is 1. The van der Waals surface area contributed by atoms with Crippen LogP contribution in [0.4, 0.5) is 14.5 Å². The number of carbonyl (C=O) groups is 1. The van der Waals surface area contributed by atoms with Gasteiger partial charge in [0.2, 0.25) is 0 Å². The maximum atomic E-state index is 13.4. The molecule has 3 aromatic carbocycles. The van der Waals surface area contributed by atoms with Gasteiger partial charge in [-0.3, -0.25) is 4.79 Å². The van der Waals surface area contributed by atoms with Gasteiger partial charge in [-0.05, 0) is 24.3 Å². The second kappa shape index (κ2) is 6.96. The van der Waals surface area contributed by atoms with Crippen LogP contribution in [0.1, 0.15) is 10.4 Å². The van der Waals surface area contributed by atoms with Crippen LogP contribution in [0, 0.1) is 11.6 Å². The standard InChI is InChI=1S/C22H14F2N2O/c23-15-10-16(24)12-17(11-15)25-22(27)19-13-21(14-6-2-1-3-7-14)26-20-9-5-4-8-18(19)20/h1-13H,(H,25,27). The molecule has 0 unspecified atom stereocenters. The molecule has 1 heterocycles. The molecule has 27 heavy (non-hydrogen) atoms. The van der Waals surface area contributed by atoms with Crippen molar-refractivity contribution in [2.45, 2.75) is 0 Å². The Hall–Kier alpha value is -3.60. The Bertz CT molecular complexity index is 1120. The molecule has 0 bridgehead atoms. The normalized spacial score (nSPS) is 10.7. The van der Waals surface area contributed by atoms with Gasteiger partial charge in [0.05, 0.1) is 16.8 Å². The number of para-hydroxylation sites is 1. The third kappa shape index (κ3) is 3.53. The van der Waals surface area contributed by atoms with Gasteiger partial charge >= 0.3 is 0 Å². The Kier molecular flexibility index (Phi) is 4.34. The zero-order chi connectivity index (χ0) is 18.8. The van der Waals surface area contributed by atoms with Crippen LogP contribution in [0.15, 0.2) is 78.9 Å². The van der Waals surface area contributed by atoms with Crippen molar-refractivity contribution in [3.8, 4) is 11.3 Å². The van der Waals surface area contributed by atoms with Gasteiger partial charge < -0.3 is 5.32 Å². The molecule has 4 aromatic rings. The molecule has 0 aliphatic carbocycles. The fraction of sp³-hybridized carbons (Fsp3) is 0. The van der Waals surface area contributed by atoms with Gasteiger partial charge in [0.1, 0.15) is 11.6 Å². The van der Waals surface area contributed by atoms with Gasteiger partial charge in [0.25, 0.3) is 5.91 Å². The number of nitrogens with zero attached hydrogens (tertiary/aromatic N) is 1. The van der Waals surface area contributed by atoms with Crippen LogP contribution in [0.3, 0.4) is 0 Å². The lowest BCUT2D eigenvalue weighted by Gasteiger charge is -2.11. The van der Waals surface area contributed by atoms with E-state index in [1.165, 1.54) is 0 Å². The number of aromatic nitrogens is 1. The van der Waals surface area contributed by atoms with E-state index in [-0.39, 0.29) is 5.69 Å². The topological polar surface area (TPSA) is 42.0 Å². The smallest absolute Gasteiger partial charge is 0.256 e. The summed E-state index contributed by atoms with van der Waals surface area (Å²) in [6.45, 7) is 0. The number of hydrogen-bond donors (Lipinski definition) is 1. The van der Waals surface area contributed by atoms with E-state index in [4.69, 9.17) is 0 Å². The van der Waals surface area contributed by atoms with Crippen molar-refractivity contribution < 1.29 is 13.6 Å². The van der Waals surface area contributed by atoms with Crippen molar-refractivity contribution >= 4 is 22.5 Å². The molecule has 1 amide bonds. The summed E-state index contributed by atoms with van der Waals surface area (Å²) < 4.78 is 26.8. The maximum absolute atomic E-state index is 13.4. The predicted octanol–water partition coefficient (Wildman–Crippen LogP) is 5.43. The summed E-state index contributed by atoms with van der Waals surface area (Å²) in [7, 11) is 0. The van der Waals surface area contributed by atoms with Crippen molar-refractivity contribution in [2.24, 2.45) is 0 Å². The number of amides is 1. The quantitative estimate of drug-likeness (QED) is 0.529. The predicted molar refractivity (Wildman–Crippen MR) is 101 cm³/mol. The summed E-state index contributed by atoms with van der Waals surface area (Å²) >= 11 is 0. The number of anilines is 1. The first-order valence-corrected chi connectivity index (χ1v) is 8.33. The Balaban J connectivity index is 1.81. The lowest BCUT2D eigenvalue weighted by molar-refractivity contribution is 0.102. The molecule has 4 rings (SSSR count). The minimum absolute atomic E-state index is 0.0552. The molecule has 0 radical (unpaired) electrons. The molecule has 0 atom stereocenters. The van der Waals surface area contributed by atoms with Crippen molar-refractivity contribution in [3.05, 3.63) is 96.1 Å². The van der Waals surface area contributed by atoms with Crippen molar-refractivity contribution in [3.63, 3.8) is 0 Å². The van der Waals surface area contributed by atoms with Gasteiger partial charge in [0, 0.05) is 22.7 Å². The summed E-state index contributed by atoms with van der Waals surface area (Å²) in [5.41, 5.74) is 2.61. The Labute approximate surface area is 154 Å². The van der Waals surface area contributed by atoms with Crippen LogP contribution in [-0.2, 0) is 0 Å². The number of hydrogen-bond acceptors (Lipinski definition) is 2. The van der Waals surface area contributed by atoms with E-state index in [1.54, 1.807) is 12.1 Å². The number of carbonyl (C=O) groups excluding carboxylic acids is 1.